The number of para-hydroxylation sites is 2. The topological polar surface area (TPSA) is 60.0 Å². The number of aryl methyl sites for hydroxylation is 1. The summed E-state index contributed by atoms with van der Waals surface area (Å²) in [6, 6.07) is 18.6. The highest BCUT2D eigenvalue weighted by atomic mass is 16.3. The van der Waals surface area contributed by atoms with Crippen LogP contribution in [0.5, 0.6) is 5.75 Å². The van der Waals surface area contributed by atoms with E-state index in [-0.39, 0.29) is 16.9 Å². The standard InChI is InChI=1S/C19H15N3O2/c1-21-16-10-6-5-9-14(16)18(23)17(19(21)24)15-11-12-22(20-15)13-7-3-2-4-8-13/h2-12,23H,1H3. The van der Waals surface area contributed by atoms with Crippen molar-refractivity contribution in [1.82, 2.24) is 14.3 Å². The lowest BCUT2D eigenvalue weighted by Gasteiger charge is -2.10. The molecule has 0 aliphatic rings. The van der Waals surface area contributed by atoms with E-state index in [4.69, 9.17) is 0 Å². The van der Waals surface area contributed by atoms with Gasteiger partial charge in [0.25, 0.3) is 5.56 Å². The smallest absolute Gasteiger partial charge is 0.264 e. The summed E-state index contributed by atoms with van der Waals surface area (Å²) in [5.74, 6) is -0.0352. The maximum atomic E-state index is 12.7. The van der Waals surface area contributed by atoms with E-state index < -0.39 is 0 Å². The van der Waals surface area contributed by atoms with Crippen LogP contribution < -0.4 is 5.56 Å². The van der Waals surface area contributed by atoms with Crippen molar-refractivity contribution >= 4 is 10.9 Å². The van der Waals surface area contributed by atoms with Crippen molar-refractivity contribution in [2.45, 2.75) is 0 Å². The molecule has 0 saturated carbocycles. The summed E-state index contributed by atoms with van der Waals surface area (Å²) in [6.07, 6.45) is 1.78. The van der Waals surface area contributed by atoms with Gasteiger partial charge in [0, 0.05) is 18.6 Å². The molecule has 5 nitrogen and oxygen atoms in total. The molecule has 0 spiro atoms. The maximum absolute atomic E-state index is 12.7. The maximum Gasteiger partial charge on any atom is 0.264 e. The van der Waals surface area contributed by atoms with Crippen molar-refractivity contribution < 1.29 is 5.11 Å². The van der Waals surface area contributed by atoms with E-state index in [2.05, 4.69) is 5.10 Å². The van der Waals surface area contributed by atoms with Gasteiger partial charge in [0.15, 0.2) is 0 Å². The lowest BCUT2D eigenvalue weighted by molar-refractivity contribution is 0.481. The summed E-state index contributed by atoms with van der Waals surface area (Å²) in [6.45, 7) is 0. The minimum Gasteiger partial charge on any atom is -0.506 e. The van der Waals surface area contributed by atoms with Crippen molar-refractivity contribution in [2.24, 2.45) is 7.05 Å². The SMILES string of the molecule is Cn1c(=O)c(-c2ccn(-c3ccccc3)n2)c(O)c2ccccc21. The number of rotatable bonds is 2. The molecule has 1 N–H and O–H groups in total. The van der Waals surface area contributed by atoms with Crippen LogP contribution in [-0.4, -0.2) is 19.5 Å². The predicted molar refractivity (Wildman–Crippen MR) is 93.4 cm³/mol. The van der Waals surface area contributed by atoms with Crippen LogP contribution in [0, 0.1) is 0 Å². The summed E-state index contributed by atoms with van der Waals surface area (Å²) in [5.41, 5.74) is 1.96. The first-order chi connectivity index (χ1) is 11.7. The van der Waals surface area contributed by atoms with E-state index in [1.54, 1.807) is 30.1 Å². The molecule has 0 bridgehead atoms. The van der Waals surface area contributed by atoms with Gasteiger partial charge in [-0.2, -0.15) is 5.10 Å². The van der Waals surface area contributed by atoms with E-state index in [0.29, 0.717) is 16.6 Å². The third-order valence-electron chi connectivity index (χ3n) is 4.14. The zero-order valence-corrected chi connectivity index (χ0v) is 13.0. The number of hydrogen-bond acceptors (Lipinski definition) is 3. The molecule has 0 aliphatic heterocycles. The van der Waals surface area contributed by atoms with E-state index in [1.165, 1.54) is 4.57 Å². The van der Waals surface area contributed by atoms with Gasteiger partial charge in [-0.05, 0) is 30.3 Å². The molecule has 0 atom stereocenters. The second-order valence-corrected chi connectivity index (χ2v) is 5.59. The molecule has 0 aliphatic carbocycles. The van der Waals surface area contributed by atoms with Crippen LogP contribution in [0.15, 0.2) is 71.7 Å². The molecule has 118 valence electrons. The first-order valence-electron chi connectivity index (χ1n) is 7.59. The summed E-state index contributed by atoms with van der Waals surface area (Å²) in [5, 5.41) is 15.7. The summed E-state index contributed by atoms with van der Waals surface area (Å²) < 4.78 is 3.22. The minimum absolute atomic E-state index is 0.0352. The van der Waals surface area contributed by atoms with Crippen LogP contribution in [0.3, 0.4) is 0 Å². The van der Waals surface area contributed by atoms with Gasteiger partial charge in [0.1, 0.15) is 17.0 Å². The number of aromatic hydroxyl groups is 1. The first kappa shape index (κ1) is 14.3. The van der Waals surface area contributed by atoms with Crippen LogP contribution in [0.4, 0.5) is 0 Å². The van der Waals surface area contributed by atoms with Crippen molar-refractivity contribution in [3.05, 3.63) is 77.2 Å². The number of fused-ring (bicyclic) bond motifs is 1. The van der Waals surface area contributed by atoms with Crippen molar-refractivity contribution in [1.29, 1.82) is 0 Å². The minimum atomic E-state index is -0.274. The Bertz CT molecular complexity index is 1090. The molecule has 0 fully saturated rings. The van der Waals surface area contributed by atoms with Gasteiger partial charge < -0.3 is 9.67 Å². The molecule has 2 heterocycles. The summed E-state index contributed by atoms with van der Waals surface area (Å²) >= 11 is 0. The van der Waals surface area contributed by atoms with Gasteiger partial charge in [-0.1, -0.05) is 30.3 Å². The van der Waals surface area contributed by atoms with Gasteiger partial charge in [0.05, 0.1) is 11.2 Å². The molecule has 0 amide bonds. The van der Waals surface area contributed by atoms with Crippen LogP contribution >= 0.6 is 0 Å². The molecule has 2 aromatic carbocycles. The molecular formula is C19H15N3O2. The molecule has 24 heavy (non-hydrogen) atoms. The fourth-order valence-electron chi connectivity index (χ4n) is 2.89. The zero-order chi connectivity index (χ0) is 16.7. The molecular weight excluding hydrogens is 302 g/mol. The lowest BCUT2D eigenvalue weighted by Crippen LogP contribution is -2.19. The van der Waals surface area contributed by atoms with Crippen LogP contribution in [0.1, 0.15) is 0 Å². The van der Waals surface area contributed by atoms with Crippen LogP contribution in [-0.2, 0) is 7.05 Å². The number of hydrogen-bond donors (Lipinski definition) is 1. The highest BCUT2D eigenvalue weighted by Gasteiger charge is 2.18. The number of aromatic nitrogens is 3. The average molecular weight is 317 g/mol. The largest absolute Gasteiger partial charge is 0.506 e. The molecule has 2 aromatic heterocycles. The first-order valence-corrected chi connectivity index (χ1v) is 7.59. The van der Waals surface area contributed by atoms with E-state index in [1.807, 2.05) is 48.5 Å². The van der Waals surface area contributed by atoms with Crippen molar-refractivity contribution in [2.75, 3.05) is 0 Å². The second-order valence-electron chi connectivity index (χ2n) is 5.59. The molecule has 0 unspecified atom stereocenters. The van der Waals surface area contributed by atoms with Gasteiger partial charge in [-0.25, -0.2) is 4.68 Å². The predicted octanol–water partition coefficient (Wildman–Crippen LogP) is 3.10. The Hall–Kier alpha value is -3.34. The highest BCUT2D eigenvalue weighted by Crippen LogP contribution is 2.31. The molecule has 4 rings (SSSR count). The highest BCUT2D eigenvalue weighted by molar-refractivity contribution is 5.91. The Morgan fingerprint density at radius 3 is 2.46 bits per heavy atom. The average Bonchev–Trinajstić information content (AvgIpc) is 3.10. The fraction of sp³-hybridized carbons (Fsp3) is 0.0526. The lowest BCUT2D eigenvalue weighted by atomic mass is 10.1. The van der Waals surface area contributed by atoms with Crippen LogP contribution in [0.2, 0.25) is 0 Å². The Morgan fingerprint density at radius 2 is 1.67 bits per heavy atom. The van der Waals surface area contributed by atoms with Gasteiger partial charge in [0.2, 0.25) is 0 Å². The summed E-state index contributed by atoms with van der Waals surface area (Å²) in [4.78, 5) is 12.7. The number of pyridine rings is 1. The molecule has 0 saturated heterocycles. The van der Waals surface area contributed by atoms with E-state index in [9.17, 15) is 9.90 Å². The van der Waals surface area contributed by atoms with Gasteiger partial charge in [-0.15, -0.1) is 0 Å². The Morgan fingerprint density at radius 1 is 0.958 bits per heavy atom. The third kappa shape index (κ3) is 2.10. The normalized spacial score (nSPS) is 11.0. The monoisotopic (exact) mass is 317 g/mol. The zero-order valence-electron chi connectivity index (χ0n) is 13.0. The Kier molecular flexibility index (Phi) is 3.20. The Balaban J connectivity index is 1.95. The van der Waals surface area contributed by atoms with Crippen LogP contribution in [0.25, 0.3) is 27.8 Å². The third-order valence-corrected chi connectivity index (χ3v) is 4.14. The van der Waals surface area contributed by atoms with E-state index >= 15 is 0 Å². The number of nitrogens with zero attached hydrogens (tertiary/aromatic N) is 3. The quantitative estimate of drug-likeness (QED) is 0.618. The second kappa shape index (κ2) is 5.38. The number of benzene rings is 2. The molecule has 5 heteroatoms. The summed E-state index contributed by atoms with van der Waals surface area (Å²) in [7, 11) is 1.70. The molecule has 0 radical (unpaired) electrons. The van der Waals surface area contributed by atoms with Crippen molar-refractivity contribution in [3.8, 4) is 22.7 Å². The van der Waals surface area contributed by atoms with E-state index in [0.717, 1.165) is 5.69 Å². The van der Waals surface area contributed by atoms with Gasteiger partial charge in [-0.3, -0.25) is 4.79 Å². The molecule has 4 aromatic rings. The fourth-order valence-corrected chi connectivity index (χ4v) is 2.89. The van der Waals surface area contributed by atoms with Crippen molar-refractivity contribution in [3.63, 3.8) is 0 Å². The van der Waals surface area contributed by atoms with Gasteiger partial charge >= 0.3 is 0 Å². The Labute approximate surface area is 138 Å².